The van der Waals surface area contributed by atoms with Crippen molar-refractivity contribution in [2.75, 3.05) is 4.72 Å². The lowest BCUT2D eigenvalue weighted by Gasteiger charge is -2.16. The van der Waals surface area contributed by atoms with E-state index in [0.717, 1.165) is 16.1 Å². The summed E-state index contributed by atoms with van der Waals surface area (Å²) >= 11 is 13.5. The molecule has 4 rings (SSSR count). The second-order valence-corrected chi connectivity index (χ2v) is 9.29. The fourth-order valence-electron chi connectivity index (χ4n) is 3.10. The van der Waals surface area contributed by atoms with Crippen LogP contribution in [0.4, 0.5) is 10.1 Å². The van der Waals surface area contributed by atoms with Crippen LogP contribution in [0.3, 0.4) is 0 Å². The Balaban J connectivity index is 1.40. The standard InChI is InChI=1S/C26H20Cl2FN3O2S/c1-16(17-2-12-23(13-3-17)35-32-21-8-4-18(27)5-9-21)31-25(33)24-14-19(28)15-30-26(24)34-22-10-6-20(29)7-11-22/h2-16,32H,1H3,(H,31,33). The second kappa shape index (κ2) is 11.4. The van der Waals surface area contributed by atoms with E-state index in [1.54, 1.807) is 0 Å². The van der Waals surface area contributed by atoms with E-state index in [9.17, 15) is 9.18 Å². The van der Waals surface area contributed by atoms with Gasteiger partial charge in [0.1, 0.15) is 17.1 Å². The lowest BCUT2D eigenvalue weighted by Crippen LogP contribution is -2.27. The summed E-state index contributed by atoms with van der Waals surface area (Å²) in [6.45, 7) is 1.88. The Morgan fingerprint density at radius 3 is 2.34 bits per heavy atom. The minimum atomic E-state index is -0.396. The van der Waals surface area contributed by atoms with Crippen molar-refractivity contribution >= 4 is 46.7 Å². The average molecular weight is 528 g/mol. The summed E-state index contributed by atoms with van der Waals surface area (Å²) in [5.74, 6) is -0.361. The third kappa shape index (κ3) is 6.88. The van der Waals surface area contributed by atoms with E-state index in [1.807, 2.05) is 55.5 Å². The molecule has 0 fully saturated rings. The molecule has 1 aromatic heterocycles. The van der Waals surface area contributed by atoms with Crippen molar-refractivity contribution in [2.45, 2.75) is 17.9 Å². The van der Waals surface area contributed by atoms with E-state index in [0.29, 0.717) is 15.8 Å². The Morgan fingerprint density at radius 1 is 0.971 bits per heavy atom. The summed E-state index contributed by atoms with van der Waals surface area (Å²) in [7, 11) is 0. The van der Waals surface area contributed by atoms with Crippen LogP contribution in [0.25, 0.3) is 0 Å². The molecule has 1 atom stereocenters. The summed E-state index contributed by atoms with van der Waals surface area (Å²) in [4.78, 5) is 18.2. The predicted octanol–water partition coefficient (Wildman–Crippen LogP) is 7.93. The van der Waals surface area contributed by atoms with Crippen LogP contribution in [-0.4, -0.2) is 10.9 Å². The van der Waals surface area contributed by atoms with Gasteiger partial charge in [-0.2, -0.15) is 0 Å². The molecule has 1 amide bonds. The Morgan fingerprint density at radius 2 is 1.66 bits per heavy atom. The van der Waals surface area contributed by atoms with E-state index in [4.69, 9.17) is 27.9 Å². The summed E-state index contributed by atoms with van der Waals surface area (Å²) in [5, 5.41) is 3.92. The van der Waals surface area contributed by atoms with E-state index >= 15 is 0 Å². The Bertz CT molecular complexity index is 1300. The number of benzene rings is 3. The highest BCUT2D eigenvalue weighted by atomic mass is 35.5. The zero-order chi connectivity index (χ0) is 24.8. The van der Waals surface area contributed by atoms with E-state index in [1.165, 1.54) is 48.5 Å². The van der Waals surface area contributed by atoms with Gasteiger partial charge in [0.15, 0.2) is 0 Å². The number of aromatic nitrogens is 1. The third-order valence-electron chi connectivity index (χ3n) is 4.95. The molecule has 178 valence electrons. The van der Waals surface area contributed by atoms with Crippen molar-refractivity contribution in [1.82, 2.24) is 10.3 Å². The van der Waals surface area contributed by atoms with Gasteiger partial charge in [-0.25, -0.2) is 9.37 Å². The molecule has 1 heterocycles. The first-order valence-electron chi connectivity index (χ1n) is 10.6. The van der Waals surface area contributed by atoms with Crippen LogP contribution in [0.2, 0.25) is 10.0 Å². The van der Waals surface area contributed by atoms with E-state index < -0.39 is 11.7 Å². The smallest absolute Gasteiger partial charge is 0.257 e. The monoisotopic (exact) mass is 527 g/mol. The fraction of sp³-hybridized carbons (Fsp3) is 0.0769. The molecule has 0 saturated carbocycles. The van der Waals surface area contributed by atoms with E-state index in [-0.39, 0.29) is 17.5 Å². The number of pyridine rings is 1. The quantitative estimate of drug-likeness (QED) is 0.228. The van der Waals surface area contributed by atoms with Gasteiger partial charge in [0.25, 0.3) is 5.91 Å². The molecule has 2 N–H and O–H groups in total. The van der Waals surface area contributed by atoms with Crippen LogP contribution in [-0.2, 0) is 0 Å². The molecule has 9 heteroatoms. The van der Waals surface area contributed by atoms with Gasteiger partial charge in [-0.15, -0.1) is 0 Å². The minimum absolute atomic E-state index is 0.0747. The maximum Gasteiger partial charge on any atom is 0.257 e. The predicted molar refractivity (Wildman–Crippen MR) is 139 cm³/mol. The van der Waals surface area contributed by atoms with E-state index in [2.05, 4.69) is 15.0 Å². The Labute approximate surface area is 216 Å². The molecule has 0 spiro atoms. The number of carbonyl (C=O) groups is 1. The lowest BCUT2D eigenvalue weighted by molar-refractivity contribution is 0.0937. The first-order valence-corrected chi connectivity index (χ1v) is 12.1. The number of hydrogen-bond acceptors (Lipinski definition) is 5. The molecule has 5 nitrogen and oxygen atoms in total. The summed E-state index contributed by atoms with van der Waals surface area (Å²) in [6, 6.07) is 21.9. The SMILES string of the molecule is CC(NC(=O)c1cc(Cl)cnc1Oc1ccc(F)cc1)c1ccc(SNc2ccc(Cl)cc2)cc1. The molecule has 0 aliphatic carbocycles. The number of anilines is 1. The molecular formula is C26H20Cl2FN3O2S. The molecule has 0 bridgehead atoms. The summed E-state index contributed by atoms with van der Waals surface area (Å²) < 4.78 is 22.1. The summed E-state index contributed by atoms with van der Waals surface area (Å²) in [5.41, 5.74) is 2.04. The van der Waals surface area contributed by atoms with Gasteiger partial charge in [-0.3, -0.25) is 4.79 Å². The van der Waals surface area contributed by atoms with Gasteiger partial charge in [0.2, 0.25) is 5.88 Å². The Kier molecular flexibility index (Phi) is 8.13. The summed E-state index contributed by atoms with van der Waals surface area (Å²) in [6.07, 6.45) is 1.38. The molecular weight excluding hydrogens is 508 g/mol. The van der Waals surface area contributed by atoms with Crippen molar-refractivity contribution in [3.05, 3.63) is 112 Å². The number of nitrogens with zero attached hydrogens (tertiary/aromatic N) is 1. The van der Waals surface area contributed by atoms with Gasteiger partial charge < -0.3 is 14.8 Å². The number of rotatable bonds is 8. The number of nitrogens with one attached hydrogen (secondary N) is 2. The fourth-order valence-corrected chi connectivity index (χ4v) is 4.03. The number of amides is 1. The molecule has 0 saturated heterocycles. The molecule has 35 heavy (non-hydrogen) atoms. The molecule has 1 unspecified atom stereocenters. The minimum Gasteiger partial charge on any atom is -0.438 e. The third-order valence-corrected chi connectivity index (χ3v) is 6.25. The maximum absolute atomic E-state index is 13.2. The van der Waals surface area contributed by atoms with Crippen molar-refractivity contribution in [3.63, 3.8) is 0 Å². The number of halogens is 3. The molecule has 0 aliphatic heterocycles. The topological polar surface area (TPSA) is 63.2 Å². The van der Waals surface area contributed by atoms with Crippen LogP contribution in [0.15, 0.2) is 90.0 Å². The largest absolute Gasteiger partial charge is 0.438 e. The first kappa shape index (κ1) is 24.9. The lowest BCUT2D eigenvalue weighted by atomic mass is 10.1. The first-order chi connectivity index (χ1) is 16.9. The number of ether oxygens (including phenoxy) is 1. The van der Waals surface area contributed by atoms with Crippen molar-refractivity contribution in [1.29, 1.82) is 0 Å². The molecule has 4 aromatic rings. The molecule has 0 radical (unpaired) electrons. The number of carbonyl (C=O) groups excluding carboxylic acids is 1. The maximum atomic E-state index is 13.2. The average Bonchev–Trinajstić information content (AvgIpc) is 2.86. The highest BCUT2D eigenvalue weighted by molar-refractivity contribution is 8.00. The number of hydrogen-bond donors (Lipinski definition) is 2. The zero-order valence-electron chi connectivity index (χ0n) is 18.5. The Hall–Kier alpha value is -3.26. The highest BCUT2D eigenvalue weighted by Gasteiger charge is 2.18. The second-order valence-electron chi connectivity index (χ2n) is 7.54. The van der Waals surface area contributed by atoms with Crippen molar-refractivity contribution in [3.8, 4) is 11.6 Å². The van der Waals surface area contributed by atoms with Crippen LogP contribution in [0, 0.1) is 5.82 Å². The normalized spacial score (nSPS) is 11.5. The van der Waals surface area contributed by atoms with Gasteiger partial charge in [-0.1, -0.05) is 35.3 Å². The van der Waals surface area contributed by atoms with Crippen molar-refractivity contribution in [2.24, 2.45) is 0 Å². The van der Waals surface area contributed by atoms with Crippen molar-refractivity contribution < 1.29 is 13.9 Å². The van der Waals surface area contributed by atoms with Gasteiger partial charge in [0.05, 0.1) is 11.1 Å². The van der Waals surface area contributed by atoms with Gasteiger partial charge in [-0.05, 0) is 91.2 Å². The molecule has 0 aliphatic rings. The highest BCUT2D eigenvalue weighted by Crippen LogP contribution is 2.27. The molecule has 3 aromatic carbocycles. The van der Waals surface area contributed by atoms with Crippen LogP contribution < -0.4 is 14.8 Å². The van der Waals surface area contributed by atoms with Gasteiger partial charge >= 0.3 is 0 Å². The van der Waals surface area contributed by atoms with Crippen LogP contribution in [0.1, 0.15) is 28.9 Å². The zero-order valence-corrected chi connectivity index (χ0v) is 20.8. The van der Waals surface area contributed by atoms with Crippen LogP contribution in [0.5, 0.6) is 11.6 Å². The van der Waals surface area contributed by atoms with Gasteiger partial charge in [0, 0.05) is 21.8 Å². The van der Waals surface area contributed by atoms with Crippen LogP contribution >= 0.6 is 35.1 Å².